The number of benzene rings is 2. The van der Waals surface area contributed by atoms with Crippen molar-refractivity contribution in [3.05, 3.63) is 59.2 Å². The van der Waals surface area contributed by atoms with Gasteiger partial charge >= 0.3 is 0 Å². The highest BCUT2D eigenvalue weighted by atomic mass is 16.5. The molecule has 0 bridgehead atoms. The lowest BCUT2D eigenvalue weighted by Gasteiger charge is -2.12. The molecule has 102 valence electrons. The Kier molecular flexibility index (Phi) is 4.62. The molecule has 3 nitrogen and oxygen atoms in total. The Hall–Kier alpha value is -2.47. The zero-order chi connectivity index (χ0) is 14.4. The quantitative estimate of drug-likeness (QED) is 0.894. The molecule has 20 heavy (non-hydrogen) atoms. The highest BCUT2D eigenvalue weighted by Crippen LogP contribution is 2.20. The molecule has 0 radical (unpaired) electrons. The minimum absolute atomic E-state index is 0.0698. The Morgan fingerprint density at radius 2 is 1.80 bits per heavy atom. The molecule has 0 spiro atoms. The van der Waals surface area contributed by atoms with E-state index in [1.807, 2.05) is 30.3 Å². The first-order valence-electron chi connectivity index (χ1n) is 6.59. The van der Waals surface area contributed by atoms with Crippen LogP contribution in [-0.2, 0) is 6.54 Å². The van der Waals surface area contributed by atoms with Crippen molar-refractivity contribution < 1.29 is 4.74 Å². The summed E-state index contributed by atoms with van der Waals surface area (Å²) < 4.78 is 5.29. The molecule has 2 aromatic carbocycles. The molecule has 3 heteroatoms. The lowest BCUT2D eigenvalue weighted by molar-refractivity contribution is 0.368. The van der Waals surface area contributed by atoms with Crippen molar-refractivity contribution in [3.8, 4) is 11.8 Å². The Bertz CT molecular complexity index is 609. The number of nitrogens with zero attached hydrogens (tertiary/aromatic N) is 1. The summed E-state index contributed by atoms with van der Waals surface area (Å²) in [5.74, 6) is 0.707. The van der Waals surface area contributed by atoms with E-state index >= 15 is 0 Å². The summed E-state index contributed by atoms with van der Waals surface area (Å²) in [5.41, 5.74) is 4.88. The standard InChI is InChI=1S/C17H18N2O/c1-13-5-3-6-14(2)17(13)12-19-15-7-4-8-16(11-15)20-10-9-18/h3-8,11,19H,10,12H2,1-2H3. The van der Waals surface area contributed by atoms with Gasteiger partial charge in [0.2, 0.25) is 0 Å². The van der Waals surface area contributed by atoms with Crippen LogP contribution in [0.15, 0.2) is 42.5 Å². The Morgan fingerprint density at radius 1 is 1.10 bits per heavy atom. The van der Waals surface area contributed by atoms with Gasteiger partial charge in [0, 0.05) is 18.3 Å². The normalized spacial score (nSPS) is 9.85. The molecule has 0 aliphatic heterocycles. The van der Waals surface area contributed by atoms with Gasteiger partial charge < -0.3 is 10.1 Å². The molecular weight excluding hydrogens is 248 g/mol. The highest BCUT2D eigenvalue weighted by Gasteiger charge is 2.02. The predicted octanol–water partition coefficient (Wildman–Crippen LogP) is 3.82. The van der Waals surface area contributed by atoms with Gasteiger partial charge in [0.05, 0.1) is 0 Å². The molecule has 2 aromatic rings. The molecule has 0 aromatic heterocycles. The van der Waals surface area contributed by atoms with E-state index in [1.165, 1.54) is 16.7 Å². The third-order valence-electron chi connectivity index (χ3n) is 3.25. The van der Waals surface area contributed by atoms with Gasteiger partial charge in [-0.3, -0.25) is 0 Å². The van der Waals surface area contributed by atoms with Crippen LogP contribution >= 0.6 is 0 Å². The Balaban J connectivity index is 2.06. The molecule has 0 amide bonds. The van der Waals surface area contributed by atoms with E-state index in [1.54, 1.807) is 0 Å². The average Bonchev–Trinajstić information content (AvgIpc) is 2.45. The maximum Gasteiger partial charge on any atom is 0.174 e. The first-order chi connectivity index (χ1) is 9.70. The van der Waals surface area contributed by atoms with Crippen molar-refractivity contribution in [2.24, 2.45) is 0 Å². The molecule has 0 aliphatic carbocycles. The smallest absolute Gasteiger partial charge is 0.174 e. The van der Waals surface area contributed by atoms with E-state index in [4.69, 9.17) is 10.00 Å². The van der Waals surface area contributed by atoms with Crippen LogP contribution in [0.4, 0.5) is 5.69 Å². The van der Waals surface area contributed by atoms with Crippen molar-refractivity contribution in [1.82, 2.24) is 0 Å². The van der Waals surface area contributed by atoms with Crippen molar-refractivity contribution >= 4 is 5.69 Å². The summed E-state index contributed by atoms with van der Waals surface area (Å²) in [7, 11) is 0. The van der Waals surface area contributed by atoms with Crippen LogP contribution in [0.5, 0.6) is 5.75 Å². The van der Waals surface area contributed by atoms with Crippen LogP contribution < -0.4 is 10.1 Å². The molecule has 0 saturated carbocycles. The van der Waals surface area contributed by atoms with Gasteiger partial charge in [0.25, 0.3) is 0 Å². The number of nitriles is 1. The summed E-state index contributed by atoms with van der Waals surface area (Å²) in [4.78, 5) is 0. The number of rotatable bonds is 5. The number of hydrogen-bond donors (Lipinski definition) is 1. The fraction of sp³-hybridized carbons (Fsp3) is 0.235. The third-order valence-corrected chi connectivity index (χ3v) is 3.25. The van der Waals surface area contributed by atoms with Gasteiger partial charge in [0.15, 0.2) is 6.61 Å². The average molecular weight is 266 g/mol. The monoisotopic (exact) mass is 266 g/mol. The second-order valence-electron chi connectivity index (χ2n) is 4.70. The van der Waals surface area contributed by atoms with Crippen LogP contribution in [-0.4, -0.2) is 6.61 Å². The number of anilines is 1. The maximum atomic E-state index is 8.52. The van der Waals surface area contributed by atoms with Gasteiger partial charge in [-0.2, -0.15) is 5.26 Å². The summed E-state index contributed by atoms with van der Waals surface area (Å²) in [6.07, 6.45) is 0. The van der Waals surface area contributed by atoms with Gasteiger partial charge in [-0.05, 0) is 42.7 Å². The van der Waals surface area contributed by atoms with E-state index in [0.29, 0.717) is 5.75 Å². The maximum absolute atomic E-state index is 8.52. The van der Waals surface area contributed by atoms with Crippen LogP contribution in [0, 0.1) is 25.2 Å². The number of aryl methyl sites for hydroxylation is 2. The van der Waals surface area contributed by atoms with E-state index in [-0.39, 0.29) is 6.61 Å². The topological polar surface area (TPSA) is 45.0 Å². The highest BCUT2D eigenvalue weighted by molar-refractivity contribution is 5.49. The summed E-state index contributed by atoms with van der Waals surface area (Å²) in [6.45, 7) is 5.09. The molecule has 0 heterocycles. The lowest BCUT2D eigenvalue weighted by Crippen LogP contribution is -2.03. The van der Waals surface area contributed by atoms with Gasteiger partial charge in [0.1, 0.15) is 11.8 Å². The molecule has 1 N–H and O–H groups in total. The van der Waals surface area contributed by atoms with Crippen molar-refractivity contribution in [2.45, 2.75) is 20.4 Å². The van der Waals surface area contributed by atoms with Gasteiger partial charge in [-0.25, -0.2) is 0 Å². The second kappa shape index (κ2) is 6.63. The van der Waals surface area contributed by atoms with E-state index in [9.17, 15) is 0 Å². The first-order valence-corrected chi connectivity index (χ1v) is 6.59. The molecule has 0 saturated heterocycles. The molecule has 0 aliphatic rings. The van der Waals surface area contributed by atoms with Crippen LogP contribution in [0.1, 0.15) is 16.7 Å². The fourth-order valence-electron chi connectivity index (χ4n) is 2.13. The minimum Gasteiger partial charge on any atom is -0.479 e. The van der Waals surface area contributed by atoms with Crippen LogP contribution in [0.3, 0.4) is 0 Å². The summed E-state index contributed by atoms with van der Waals surface area (Å²) in [5, 5.41) is 11.9. The SMILES string of the molecule is Cc1cccc(C)c1CNc1cccc(OCC#N)c1. The summed E-state index contributed by atoms with van der Waals surface area (Å²) >= 11 is 0. The van der Waals surface area contributed by atoms with E-state index < -0.39 is 0 Å². The van der Waals surface area contributed by atoms with E-state index in [0.717, 1.165) is 12.2 Å². The predicted molar refractivity (Wildman–Crippen MR) is 80.8 cm³/mol. The fourth-order valence-corrected chi connectivity index (χ4v) is 2.13. The lowest BCUT2D eigenvalue weighted by atomic mass is 10.0. The second-order valence-corrected chi connectivity index (χ2v) is 4.70. The third kappa shape index (κ3) is 3.52. The molecule has 2 rings (SSSR count). The number of hydrogen-bond acceptors (Lipinski definition) is 3. The van der Waals surface area contributed by atoms with Crippen LogP contribution in [0.25, 0.3) is 0 Å². The van der Waals surface area contributed by atoms with Gasteiger partial charge in [-0.1, -0.05) is 24.3 Å². The van der Waals surface area contributed by atoms with Crippen molar-refractivity contribution in [2.75, 3.05) is 11.9 Å². The molecule has 0 atom stereocenters. The van der Waals surface area contributed by atoms with Crippen LogP contribution in [0.2, 0.25) is 0 Å². The van der Waals surface area contributed by atoms with E-state index in [2.05, 4.69) is 37.4 Å². The molecular formula is C17H18N2O. The number of ether oxygens (including phenoxy) is 1. The Morgan fingerprint density at radius 3 is 2.50 bits per heavy atom. The Labute approximate surface area is 119 Å². The zero-order valence-corrected chi connectivity index (χ0v) is 11.8. The first kappa shape index (κ1) is 14.0. The van der Waals surface area contributed by atoms with Crippen molar-refractivity contribution in [3.63, 3.8) is 0 Å². The van der Waals surface area contributed by atoms with Crippen molar-refractivity contribution in [1.29, 1.82) is 5.26 Å². The minimum atomic E-state index is 0.0698. The zero-order valence-electron chi connectivity index (χ0n) is 11.8. The van der Waals surface area contributed by atoms with Gasteiger partial charge in [-0.15, -0.1) is 0 Å². The molecule has 0 unspecified atom stereocenters. The number of nitrogens with one attached hydrogen (secondary N) is 1. The largest absolute Gasteiger partial charge is 0.479 e. The molecule has 0 fully saturated rings. The summed E-state index contributed by atoms with van der Waals surface area (Å²) in [6, 6.07) is 15.9.